The van der Waals surface area contributed by atoms with Crippen molar-refractivity contribution in [2.45, 2.75) is 25.7 Å². The van der Waals surface area contributed by atoms with Crippen LogP contribution in [0.25, 0.3) is 87.9 Å². The quantitative estimate of drug-likeness (QED) is 0.152. The second-order valence-corrected chi connectivity index (χ2v) is 19.1. The number of nitrogens with zero attached hydrogens (tertiary/aromatic N) is 4. The molecule has 0 radical (unpaired) electrons. The maximum absolute atomic E-state index is 5.42. The van der Waals surface area contributed by atoms with E-state index in [1.54, 1.807) is 0 Å². The predicted molar refractivity (Wildman–Crippen MR) is 290 cm³/mol. The standard InChI is InChI=1S/C64H46N4S/c1-42-40-50(37-38-51(42)45-20-8-3-9-21-45)67(49-35-32-44(33-36-49)43-18-6-2-7-19-43)59-31-17-28-53-54-29-16-30-57-61(63(54)69-62(53)59)60-52-27-15-14-22-46(52)34-39-58(60)68(57)64-65-55(47-23-10-4-11-24-47)41-56(66-64)48-25-12-5-13-26-48/h2-28,30-37,39-41,51H,29,38H2,1H3. The van der Waals surface area contributed by atoms with Crippen molar-refractivity contribution in [2.75, 3.05) is 4.90 Å². The minimum absolute atomic E-state index is 0.337. The fourth-order valence-corrected chi connectivity index (χ4v) is 12.1. The van der Waals surface area contributed by atoms with Crippen LogP contribution in [0.5, 0.6) is 0 Å². The van der Waals surface area contributed by atoms with E-state index in [2.05, 4.69) is 247 Å². The van der Waals surface area contributed by atoms with Crippen LogP contribution in [-0.4, -0.2) is 14.5 Å². The summed E-state index contributed by atoms with van der Waals surface area (Å²) >= 11 is 1.92. The number of benzene rings is 8. The Balaban J connectivity index is 1.04. The third kappa shape index (κ3) is 7.13. The van der Waals surface area contributed by atoms with Crippen LogP contribution in [0.15, 0.2) is 236 Å². The van der Waals surface area contributed by atoms with Crippen LogP contribution in [0.2, 0.25) is 0 Å². The summed E-state index contributed by atoms with van der Waals surface area (Å²) in [5.74, 6) is 0.987. The van der Waals surface area contributed by atoms with Crippen LogP contribution in [0.3, 0.4) is 0 Å². The first-order valence-electron chi connectivity index (χ1n) is 23.8. The van der Waals surface area contributed by atoms with Gasteiger partial charge in [-0.25, -0.2) is 9.97 Å². The molecule has 5 heteroatoms. The summed E-state index contributed by atoms with van der Waals surface area (Å²) in [5, 5.41) is 4.92. The molecule has 0 bridgehead atoms. The smallest absolute Gasteiger partial charge is 0.235 e. The number of thiophene rings is 1. The van der Waals surface area contributed by atoms with E-state index in [9.17, 15) is 0 Å². The van der Waals surface area contributed by atoms with Gasteiger partial charge in [-0.1, -0.05) is 194 Å². The number of rotatable bonds is 8. The fourth-order valence-electron chi connectivity index (χ4n) is 10.7. The van der Waals surface area contributed by atoms with E-state index in [1.165, 1.54) is 75.9 Å². The predicted octanol–water partition coefficient (Wildman–Crippen LogP) is 17.2. The van der Waals surface area contributed by atoms with E-state index in [0.717, 1.165) is 52.3 Å². The summed E-state index contributed by atoms with van der Waals surface area (Å²) < 4.78 is 3.58. The van der Waals surface area contributed by atoms with Crippen LogP contribution >= 0.6 is 11.3 Å². The van der Waals surface area contributed by atoms with Gasteiger partial charge in [-0.2, -0.15) is 0 Å². The van der Waals surface area contributed by atoms with E-state index < -0.39 is 0 Å². The number of hydrogen-bond acceptors (Lipinski definition) is 4. The lowest BCUT2D eigenvalue weighted by atomic mass is 9.85. The van der Waals surface area contributed by atoms with Gasteiger partial charge < -0.3 is 4.90 Å². The third-order valence-electron chi connectivity index (χ3n) is 14.0. The van der Waals surface area contributed by atoms with Crippen LogP contribution in [0.1, 0.15) is 36.1 Å². The Kier molecular flexibility index (Phi) is 10.1. The van der Waals surface area contributed by atoms with Crippen molar-refractivity contribution in [2.24, 2.45) is 0 Å². The molecule has 0 saturated heterocycles. The lowest BCUT2D eigenvalue weighted by Crippen LogP contribution is -2.18. The molecule has 69 heavy (non-hydrogen) atoms. The molecule has 328 valence electrons. The number of anilines is 2. The van der Waals surface area contributed by atoms with Gasteiger partial charge in [0.05, 0.1) is 33.0 Å². The van der Waals surface area contributed by atoms with E-state index in [-0.39, 0.29) is 0 Å². The van der Waals surface area contributed by atoms with E-state index in [1.807, 2.05) is 11.3 Å². The topological polar surface area (TPSA) is 34.0 Å². The first-order valence-corrected chi connectivity index (χ1v) is 24.6. The van der Waals surface area contributed by atoms with Crippen molar-refractivity contribution in [3.8, 4) is 50.0 Å². The van der Waals surface area contributed by atoms with Crippen molar-refractivity contribution in [1.82, 2.24) is 14.5 Å². The van der Waals surface area contributed by atoms with Crippen LogP contribution < -0.4 is 4.90 Å². The van der Waals surface area contributed by atoms with E-state index in [0.29, 0.717) is 11.9 Å². The first-order chi connectivity index (χ1) is 34.1. The summed E-state index contributed by atoms with van der Waals surface area (Å²) in [4.78, 5) is 14.6. The second kappa shape index (κ2) is 17.0. The number of aromatic nitrogens is 3. The molecule has 1 unspecified atom stereocenters. The van der Waals surface area contributed by atoms with Gasteiger partial charge in [-0.3, -0.25) is 4.57 Å². The molecule has 0 fully saturated rings. The molecule has 0 saturated carbocycles. The number of hydrogen-bond donors (Lipinski definition) is 0. The molecule has 2 aliphatic carbocycles. The van der Waals surface area contributed by atoms with E-state index >= 15 is 0 Å². The van der Waals surface area contributed by atoms with Crippen molar-refractivity contribution in [1.29, 1.82) is 0 Å². The average Bonchev–Trinajstić information content (AvgIpc) is 3.89. The van der Waals surface area contributed by atoms with E-state index in [4.69, 9.17) is 9.97 Å². The molecular formula is C64H46N4S. The summed E-state index contributed by atoms with van der Waals surface area (Å²) in [7, 11) is 0. The maximum Gasteiger partial charge on any atom is 0.235 e. The molecule has 0 aliphatic heterocycles. The molecule has 1 atom stereocenters. The minimum atomic E-state index is 0.337. The van der Waals surface area contributed by atoms with Crippen LogP contribution in [0.4, 0.5) is 11.4 Å². The highest BCUT2D eigenvalue weighted by Crippen LogP contribution is 2.52. The fraction of sp³-hybridized carbons (Fsp3) is 0.0625. The van der Waals surface area contributed by atoms with Crippen molar-refractivity contribution < 1.29 is 0 Å². The van der Waals surface area contributed by atoms with Gasteiger partial charge in [0.15, 0.2) is 0 Å². The second-order valence-electron chi connectivity index (χ2n) is 18.1. The largest absolute Gasteiger partial charge is 0.309 e. The van der Waals surface area contributed by atoms with Gasteiger partial charge in [-0.15, -0.1) is 11.3 Å². The van der Waals surface area contributed by atoms with Gasteiger partial charge in [0, 0.05) is 44.3 Å². The molecule has 0 amide bonds. The molecule has 0 N–H and O–H groups in total. The SMILES string of the molecule is CC1=CC(N(c2ccc(-c3ccccc3)cc2)c2cccc3c4c(sc23)-c2c(n(-c3nc(-c5ccccc5)cc(-c5ccccc5)n3)c3ccc5ccccc5c23)C=CC4)=CCC1c1ccccc1. The van der Waals surface area contributed by atoms with Gasteiger partial charge in [0.1, 0.15) is 0 Å². The Hall–Kier alpha value is -8.38. The molecule has 13 rings (SSSR count). The molecule has 3 aromatic heterocycles. The highest BCUT2D eigenvalue weighted by Gasteiger charge is 2.30. The highest BCUT2D eigenvalue weighted by atomic mass is 32.1. The van der Waals surface area contributed by atoms with Crippen LogP contribution in [0, 0.1) is 0 Å². The molecule has 4 nitrogen and oxygen atoms in total. The molecule has 8 aromatic carbocycles. The molecule has 11 aromatic rings. The summed E-state index contributed by atoms with van der Waals surface area (Å²) in [5.41, 5.74) is 17.2. The van der Waals surface area contributed by atoms with Gasteiger partial charge in [-0.05, 0) is 101 Å². The Morgan fingerprint density at radius 3 is 1.91 bits per heavy atom. The minimum Gasteiger partial charge on any atom is -0.309 e. The lowest BCUT2D eigenvalue weighted by Gasteiger charge is -2.31. The third-order valence-corrected chi connectivity index (χ3v) is 15.3. The molecule has 3 heterocycles. The zero-order chi connectivity index (χ0) is 45.8. The lowest BCUT2D eigenvalue weighted by molar-refractivity contribution is 0.786. The average molecular weight is 903 g/mol. The van der Waals surface area contributed by atoms with Crippen molar-refractivity contribution in [3.05, 3.63) is 253 Å². The molecule has 2 aliphatic rings. The van der Waals surface area contributed by atoms with Crippen molar-refractivity contribution in [3.63, 3.8) is 0 Å². The monoisotopic (exact) mass is 902 g/mol. The normalized spacial score (nSPS) is 14.3. The molecular weight excluding hydrogens is 857 g/mol. The highest BCUT2D eigenvalue weighted by molar-refractivity contribution is 7.23. The van der Waals surface area contributed by atoms with Gasteiger partial charge in [0.25, 0.3) is 0 Å². The zero-order valence-electron chi connectivity index (χ0n) is 38.1. The summed E-state index contributed by atoms with van der Waals surface area (Å²) in [6, 6.07) is 74.0. The number of fused-ring (bicyclic) bond motifs is 9. The van der Waals surface area contributed by atoms with Crippen molar-refractivity contribution >= 4 is 60.5 Å². The first kappa shape index (κ1) is 40.9. The molecule has 0 spiro atoms. The Bertz CT molecular complexity index is 3770. The summed E-state index contributed by atoms with van der Waals surface area (Å²) in [6.07, 6.45) is 11.2. The van der Waals surface area contributed by atoms with Gasteiger partial charge >= 0.3 is 0 Å². The Labute approximate surface area is 406 Å². The van der Waals surface area contributed by atoms with Crippen LogP contribution in [-0.2, 0) is 6.42 Å². The maximum atomic E-state index is 5.42. The Morgan fingerprint density at radius 2 is 1.22 bits per heavy atom. The summed E-state index contributed by atoms with van der Waals surface area (Å²) in [6.45, 7) is 2.30. The van der Waals surface area contributed by atoms with Gasteiger partial charge in [0.2, 0.25) is 5.95 Å². The Morgan fingerprint density at radius 1 is 0.594 bits per heavy atom. The number of allylic oxidation sites excluding steroid dienone is 4. The zero-order valence-corrected chi connectivity index (χ0v) is 38.9.